The van der Waals surface area contributed by atoms with E-state index < -0.39 is 10.2 Å². The van der Waals surface area contributed by atoms with E-state index in [4.69, 9.17) is 4.74 Å². The first kappa shape index (κ1) is 22.2. The Hall–Kier alpha value is -1.52. The van der Waals surface area contributed by atoms with E-state index in [1.165, 1.54) is 28.3 Å². The van der Waals surface area contributed by atoms with Crippen LogP contribution in [0, 0.1) is 5.92 Å². The Labute approximate surface area is 174 Å². The van der Waals surface area contributed by atoms with Gasteiger partial charge < -0.3 is 10.1 Å². The third-order valence-electron chi connectivity index (χ3n) is 5.58. The number of nitrogens with zero attached hydrogens (tertiary/aromatic N) is 3. The Kier molecular flexibility index (Phi) is 7.64. The van der Waals surface area contributed by atoms with Gasteiger partial charge in [-0.15, -0.1) is 0 Å². The van der Waals surface area contributed by atoms with Crippen molar-refractivity contribution in [1.82, 2.24) is 18.8 Å². The number of carbonyl (C=O) groups excluding carboxylic acids is 1. The number of nitrogens with one attached hydrogen (secondary N) is 1. The number of rotatable bonds is 7. The van der Waals surface area contributed by atoms with Crippen molar-refractivity contribution in [1.29, 1.82) is 0 Å². The third-order valence-corrected chi connectivity index (χ3v) is 7.52. The zero-order valence-corrected chi connectivity index (χ0v) is 18.2. The molecule has 0 bridgehead atoms. The molecule has 0 spiro atoms. The average molecular weight is 425 g/mol. The van der Waals surface area contributed by atoms with Gasteiger partial charge in [0.15, 0.2) is 0 Å². The van der Waals surface area contributed by atoms with Crippen LogP contribution >= 0.6 is 0 Å². The summed E-state index contributed by atoms with van der Waals surface area (Å²) >= 11 is 0. The van der Waals surface area contributed by atoms with E-state index in [9.17, 15) is 13.2 Å². The number of hydrogen-bond donors (Lipinski definition) is 1. The number of ether oxygens (including phenoxy) is 1. The molecule has 0 atom stereocenters. The lowest BCUT2D eigenvalue weighted by molar-refractivity contribution is -0.126. The molecule has 2 aliphatic rings. The molecule has 0 aliphatic carbocycles. The van der Waals surface area contributed by atoms with Crippen LogP contribution in [0.5, 0.6) is 0 Å². The van der Waals surface area contributed by atoms with Gasteiger partial charge in [-0.1, -0.05) is 24.3 Å². The van der Waals surface area contributed by atoms with E-state index in [1.54, 1.807) is 0 Å². The van der Waals surface area contributed by atoms with Crippen molar-refractivity contribution in [2.24, 2.45) is 5.92 Å². The van der Waals surface area contributed by atoms with Gasteiger partial charge in [0.1, 0.15) is 0 Å². The summed E-state index contributed by atoms with van der Waals surface area (Å²) in [5, 5.41) is 3.02. The van der Waals surface area contributed by atoms with Gasteiger partial charge in [0, 0.05) is 59.3 Å². The molecule has 3 rings (SSSR count). The smallest absolute Gasteiger partial charge is 0.281 e. The topological polar surface area (TPSA) is 82.2 Å². The normalized spacial score (nSPS) is 20.1. The van der Waals surface area contributed by atoms with E-state index in [0.717, 1.165) is 38.4 Å². The summed E-state index contributed by atoms with van der Waals surface area (Å²) in [6.45, 7) is 5.61. The summed E-state index contributed by atoms with van der Waals surface area (Å²) < 4.78 is 32.4. The highest BCUT2D eigenvalue weighted by molar-refractivity contribution is 7.86. The molecule has 1 aromatic rings. The zero-order chi connectivity index (χ0) is 20.9. The van der Waals surface area contributed by atoms with Crippen molar-refractivity contribution in [3.8, 4) is 0 Å². The van der Waals surface area contributed by atoms with Crippen molar-refractivity contribution in [3.05, 3.63) is 35.4 Å². The van der Waals surface area contributed by atoms with Crippen LogP contribution in [0.4, 0.5) is 0 Å². The Morgan fingerprint density at radius 3 is 2.45 bits per heavy atom. The highest BCUT2D eigenvalue weighted by atomic mass is 32.2. The summed E-state index contributed by atoms with van der Waals surface area (Å²) in [5.41, 5.74) is 2.32. The predicted octanol–water partition coefficient (Wildman–Crippen LogP) is 0.653. The van der Waals surface area contributed by atoms with Crippen molar-refractivity contribution < 1.29 is 17.9 Å². The van der Waals surface area contributed by atoms with Crippen LogP contribution in [0.1, 0.15) is 24.0 Å². The van der Waals surface area contributed by atoms with E-state index in [1.807, 2.05) is 12.1 Å². The van der Waals surface area contributed by atoms with Crippen LogP contribution in [-0.2, 0) is 32.8 Å². The molecular weight excluding hydrogens is 392 g/mol. The largest absolute Gasteiger partial charge is 0.379 e. The Bertz CT molecular complexity index is 785. The molecule has 1 N–H and O–H groups in total. The maximum atomic E-state index is 12.6. The van der Waals surface area contributed by atoms with Crippen molar-refractivity contribution in [3.63, 3.8) is 0 Å². The van der Waals surface area contributed by atoms with Gasteiger partial charge >= 0.3 is 0 Å². The number of amides is 1. The summed E-state index contributed by atoms with van der Waals surface area (Å²) in [6, 6.07) is 8.31. The van der Waals surface area contributed by atoms with Crippen LogP contribution in [-0.4, -0.2) is 81.3 Å². The van der Waals surface area contributed by atoms with E-state index in [0.29, 0.717) is 32.5 Å². The van der Waals surface area contributed by atoms with Gasteiger partial charge in [0.05, 0.1) is 13.2 Å². The molecule has 2 fully saturated rings. The number of morpholine rings is 1. The fourth-order valence-electron chi connectivity index (χ4n) is 3.77. The third kappa shape index (κ3) is 5.99. The lowest BCUT2D eigenvalue weighted by Gasteiger charge is -2.32. The fraction of sp³-hybridized carbons (Fsp3) is 0.650. The summed E-state index contributed by atoms with van der Waals surface area (Å²) in [5.74, 6) is -0.134. The molecule has 162 valence electrons. The molecule has 0 saturated carbocycles. The molecule has 0 unspecified atom stereocenters. The first-order chi connectivity index (χ1) is 13.9. The second-order valence-corrected chi connectivity index (χ2v) is 10.0. The summed E-state index contributed by atoms with van der Waals surface area (Å²) in [7, 11) is -0.340. The monoisotopic (exact) mass is 424 g/mol. The molecule has 0 aromatic heterocycles. The second kappa shape index (κ2) is 9.99. The molecule has 2 heterocycles. The zero-order valence-electron chi connectivity index (χ0n) is 17.3. The molecule has 0 radical (unpaired) electrons. The van der Waals surface area contributed by atoms with Crippen LogP contribution in [0.3, 0.4) is 0 Å². The highest BCUT2D eigenvalue weighted by Crippen LogP contribution is 2.21. The van der Waals surface area contributed by atoms with Gasteiger partial charge in [-0.3, -0.25) is 9.69 Å². The maximum Gasteiger partial charge on any atom is 0.281 e. The second-order valence-electron chi connectivity index (χ2n) is 7.89. The summed E-state index contributed by atoms with van der Waals surface area (Å²) in [6.07, 6.45) is 1.10. The molecular formula is C20H32N4O4S. The molecule has 8 nitrogen and oxygen atoms in total. The SMILES string of the molecule is CN(C)S(=O)(=O)N1CCC(C(=O)NCc2cccc(CN3CCOCC3)c2)CC1. The Morgan fingerprint density at radius 1 is 1.14 bits per heavy atom. The minimum Gasteiger partial charge on any atom is -0.379 e. The van der Waals surface area contributed by atoms with Crippen molar-refractivity contribution in [2.45, 2.75) is 25.9 Å². The molecule has 2 saturated heterocycles. The fourth-order valence-corrected chi connectivity index (χ4v) is 4.90. The molecule has 9 heteroatoms. The van der Waals surface area contributed by atoms with E-state index in [-0.39, 0.29) is 11.8 Å². The van der Waals surface area contributed by atoms with E-state index in [2.05, 4.69) is 22.3 Å². The quantitative estimate of drug-likeness (QED) is 0.695. The number of hydrogen-bond acceptors (Lipinski definition) is 5. The lowest BCUT2D eigenvalue weighted by Crippen LogP contribution is -2.46. The van der Waals surface area contributed by atoms with Crippen LogP contribution < -0.4 is 5.32 Å². The highest BCUT2D eigenvalue weighted by Gasteiger charge is 2.32. The molecule has 1 amide bonds. The first-order valence-electron chi connectivity index (χ1n) is 10.2. The standard InChI is InChI=1S/C20H32N4O4S/c1-22(2)29(26,27)24-8-6-19(7-9-24)20(25)21-15-17-4-3-5-18(14-17)16-23-10-12-28-13-11-23/h3-5,14,19H,6-13,15-16H2,1-2H3,(H,21,25). The first-order valence-corrected chi connectivity index (χ1v) is 11.6. The van der Waals surface area contributed by atoms with Gasteiger partial charge in [-0.05, 0) is 24.0 Å². The van der Waals surface area contributed by atoms with Gasteiger partial charge in [-0.25, -0.2) is 0 Å². The number of benzene rings is 1. The Morgan fingerprint density at radius 2 is 1.79 bits per heavy atom. The minimum absolute atomic E-state index is 0.00508. The molecule has 2 aliphatic heterocycles. The Balaban J connectivity index is 1.47. The van der Waals surface area contributed by atoms with Gasteiger partial charge in [-0.2, -0.15) is 17.0 Å². The number of carbonyl (C=O) groups is 1. The van der Waals surface area contributed by atoms with Crippen molar-refractivity contribution in [2.75, 3.05) is 53.5 Å². The number of piperidine rings is 1. The van der Waals surface area contributed by atoms with Crippen LogP contribution in [0.25, 0.3) is 0 Å². The van der Waals surface area contributed by atoms with Crippen molar-refractivity contribution >= 4 is 16.1 Å². The molecule has 29 heavy (non-hydrogen) atoms. The maximum absolute atomic E-state index is 12.6. The van der Waals surface area contributed by atoms with Gasteiger partial charge in [0.25, 0.3) is 10.2 Å². The lowest BCUT2D eigenvalue weighted by atomic mass is 9.97. The predicted molar refractivity (Wildman–Crippen MR) is 111 cm³/mol. The minimum atomic E-state index is -3.40. The summed E-state index contributed by atoms with van der Waals surface area (Å²) in [4.78, 5) is 14.9. The molecule has 1 aromatic carbocycles. The average Bonchev–Trinajstić information content (AvgIpc) is 2.73. The van der Waals surface area contributed by atoms with Crippen LogP contribution in [0.15, 0.2) is 24.3 Å². The van der Waals surface area contributed by atoms with Gasteiger partial charge in [0.2, 0.25) is 5.91 Å². The van der Waals surface area contributed by atoms with Crippen LogP contribution in [0.2, 0.25) is 0 Å². The van der Waals surface area contributed by atoms with E-state index >= 15 is 0 Å².